The van der Waals surface area contributed by atoms with E-state index in [1.54, 1.807) is 0 Å². The zero-order chi connectivity index (χ0) is 28.3. The van der Waals surface area contributed by atoms with Crippen LogP contribution in [0.4, 0.5) is 17.6 Å². The van der Waals surface area contributed by atoms with Gasteiger partial charge in [-0.2, -0.15) is 13.2 Å². The third-order valence-electron chi connectivity index (χ3n) is 6.77. The number of halogens is 4. The molecule has 8 heteroatoms. The molecule has 0 aliphatic heterocycles. The van der Waals surface area contributed by atoms with Crippen LogP contribution in [0.2, 0.25) is 0 Å². The van der Waals surface area contributed by atoms with E-state index >= 15 is 0 Å². The number of nitrogens with zero attached hydrogens (tertiary/aromatic N) is 1. The first-order chi connectivity index (χ1) is 18.5. The summed E-state index contributed by atoms with van der Waals surface area (Å²) < 4.78 is 59.1. The Morgan fingerprint density at radius 1 is 0.821 bits per heavy atom. The zero-order valence-electron chi connectivity index (χ0n) is 22.3. The molecule has 0 amide bonds. The lowest BCUT2D eigenvalue weighted by atomic mass is 9.99. The van der Waals surface area contributed by atoms with Crippen LogP contribution in [0.5, 0.6) is 0 Å². The van der Waals surface area contributed by atoms with Gasteiger partial charge in [-0.3, -0.25) is 4.90 Å². The Labute approximate surface area is 230 Å². The highest BCUT2D eigenvalue weighted by Gasteiger charge is 2.34. The second-order valence-electron chi connectivity index (χ2n) is 9.78. The largest absolute Gasteiger partial charge is 0.455 e. The SMILES string of the molecule is CSc1cc(-c2ccc(CN(Cc3ccc(C(F)(F)F)o3)Cc3c(C)cc(C)cc3C)cc2)cc(F)c1CO. The Balaban J connectivity index is 1.61. The minimum atomic E-state index is -4.53. The van der Waals surface area contributed by atoms with Crippen molar-refractivity contribution in [1.82, 2.24) is 4.90 Å². The number of aryl methyl sites for hydroxylation is 3. The molecule has 0 radical (unpaired) electrons. The van der Waals surface area contributed by atoms with Crippen molar-refractivity contribution in [2.45, 2.75) is 58.1 Å². The average Bonchev–Trinajstić information content (AvgIpc) is 3.35. The molecule has 4 aromatic rings. The Kier molecular flexibility index (Phi) is 8.89. The quantitative estimate of drug-likeness (QED) is 0.166. The molecule has 0 atom stereocenters. The van der Waals surface area contributed by atoms with E-state index in [0.29, 0.717) is 23.5 Å². The van der Waals surface area contributed by atoms with E-state index < -0.39 is 17.8 Å². The smallest absolute Gasteiger partial charge is 0.449 e. The van der Waals surface area contributed by atoms with Crippen LogP contribution in [-0.4, -0.2) is 16.3 Å². The van der Waals surface area contributed by atoms with Crippen LogP contribution in [0.25, 0.3) is 11.1 Å². The normalized spacial score (nSPS) is 11.9. The molecule has 1 heterocycles. The van der Waals surface area contributed by atoms with Crippen LogP contribution in [-0.2, 0) is 32.4 Å². The van der Waals surface area contributed by atoms with Gasteiger partial charge in [0.05, 0.1) is 13.2 Å². The van der Waals surface area contributed by atoms with Crippen LogP contribution in [0.3, 0.4) is 0 Å². The third kappa shape index (κ3) is 6.93. The van der Waals surface area contributed by atoms with Gasteiger partial charge in [-0.15, -0.1) is 11.8 Å². The number of rotatable bonds is 9. The summed E-state index contributed by atoms with van der Waals surface area (Å²) in [5.74, 6) is -1.21. The first-order valence-corrected chi connectivity index (χ1v) is 13.7. The van der Waals surface area contributed by atoms with Crippen LogP contribution in [0.1, 0.15) is 44.9 Å². The standard InChI is InChI=1S/C31H31F4NO2S/c1-19-11-20(2)26(21(3)12-19)17-36(16-25-9-10-30(38-25)31(33,34)35)15-22-5-7-23(8-6-22)24-13-28(32)27(18-37)29(14-24)39-4/h5-14,37H,15-18H2,1-4H3. The van der Waals surface area contributed by atoms with Crippen molar-refractivity contribution < 1.29 is 27.1 Å². The van der Waals surface area contributed by atoms with E-state index in [0.717, 1.165) is 39.4 Å². The molecule has 0 unspecified atom stereocenters. The number of thioether (sulfide) groups is 1. The maximum Gasteiger partial charge on any atom is 0.449 e. The van der Waals surface area contributed by atoms with E-state index in [9.17, 15) is 22.7 Å². The molecule has 0 fully saturated rings. The van der Waals surface area contributed by atoms with Crippen molar-refractivity contribution >= 4 is 11.8 Å². The van der Waals surface area contributed by atoms with Crippen molar-refractivity contribution in [1.29, 1.82) is 0 Å². The maximum absolute atomic E-state index is 14.6. The highest BCUT2D eigenvalue weighted by molar-refractivity contribution is 7.98. The molecule has 0 bridgehead atoms. The van der Waals surface area contributed by atoms with Gasteiger partial charge in [-0.05, 0) is 84.7 Å². The predicted octanol–water partition coefficient (Wildman–Crippen LogP) is 8.45. The van der Waals surface area contributed by atoms with Gasteiger partial charge in [0.2, 0.25) is 5.76 Å². The van der Waals surface area contributed by atoms with Gasteiger partial charge in [0.25, 0.3) is 0 Å². The molecule has 1 aromatic heterocycles. The molecule has 3 aromatic carbocycles. The molecule has 0 saturated carbocycles. The Hall–Kier alpha value is -3.07. The third-order valence-corrected chi connectivity index (χ3v) is 7.57. The molecule has 0 spiro atoms. The monoisotopic (exact) mass is 557 g/mol. The number of hydrogen-bond acceptors (Lipinski definition) is 4. The lowest BCUT2D eigenvalue weighted by molar-refractivity contribution is -0.153. The van der Waals surface area contributed by atoms with Crippen LogP contribution >= 0.6 is 11.8 Å². The molecule has 39 heavy (non-hydrogen) atoms. The molecular weight excluding hydrogens is 526 g/mol. The topological polar surface area (TPSA) is 36.6 Å². The van der Waals surface area contributed by atoms with Crippen molar-refractivity contribution in [3.8, 4) is 11.1 Å². The van der Waals surface area contributed by atoms with Crippen molar-refractivity contribution in [2.75, 3.05) is 6.26 Å². The van der Waals surface area contributed by atoms with Crippen LogP contribution < -0.4 is 0 Å². The molecule has 0 aliphatic rings. The van der Waals surface area contributed by atoms with Gasteiger partial charge in [-0.25, -0.2) is 4.39 Å². The lowest BCUT2D eigenvalue weighted by Gasteiger charge is -2.24. The molecule has 0 aliphatic carbocycles. The number of hydrogen-bond donors (Lipinski definition) is 1. The molecule has 206 valence electrons. The molecule has 1 N–H and O–H groups in total. The van der Waals surface area contributed by atoms with E-state index in [1.165, 1.54) is 23.9 Å². The van der Waals surface area contributed by atoms with E-state index in [4.69, 9.17) is 4.42 Å². The second-order valence-corrected chi connectivity index (χ2v) is 10.6. The average molecular weight is 558 g/mol. The van der Waals surface area contributed by atoms with Crippen LogP contribution in [0, 0.1) is 26.6 Å². The number of aliphatic hydroxyl groups excluding tert-OH is 1. The summed E-state index contributed by atoms with van der Waals surface area (Å²) in [5, 5.41) is 9.49. The van der Waals surface area contributed by atoms with Crippen molar-refractivity contribution in [2.24, 2.45) is 0 Å². The van der Waals surface area contributed by atoms with Crippen molar-refractivity contribution in [3.63, 3.8) is 0 Å². The highest BCUT2D eigenvalue weighted by atomic mass is 32.2. The van der Waals surface area contributed by atoms with E-state index in [-0.39, 0.29) is 24.5 Å². The molecule has 4 rings (SSSR count). The summed E-state index contributed by atoms with van der Waals surface area (Å²) in [6.45, 7) is 6.97. The fourth-order valence-electron chi connectivity index (χ4n) is 4.86. The van der Waals surface area contributed by atoms with E-state index in [1.807, 2.05) is 57.4 Å². The highest BCUT2D eigenvalue weighted by Crippen LogP contribution is 2.32. The number of furan rings is 1. The zero-order valence-corrected chi connectivity index (χ0v) is 23.1. The Morgan fingerprint density at radius 3 is 2.05 bits per heavy atom. The molecular formula is C31H31F4NO2S. The minimum Gasteiger partial charge on any atom is -0.455 e. The minimum absolute atomic E-state index is 0.204. The summed E-state index contributed by atoms with van der Waals surface area (Å²) in [4.78, 5) is 2.74. The summed E-state index contributed by atoms with van der Waals surface area (Å²) in [6, 6.07) is 17.5. The van der Waals surface area contributed by atoms with Gasteiger partial charge >= 0.3 is 6.18 Å². The first-order valence-electron chi connectivity index (χ1n) is 12.5. The van der Waals surface area contributed by atoms with E-state index in [2.05, 4.69) is 17.0 Å². The van der Waals surface area contributed by atoms with Gasteiger partial charge in [0.15, 0.2) is 0 Å². The number of alkyl halides is 3. The summed E-state index contributed by atoms with van der Waals surface area (Å²) in [6.07, 6.45) is -2.70. The fraction of sp³-hybridized carbons (Fsp3) is 0.290. The number of aliphatic hydroxyl groups is 1. The Bertz CT molecular complexity index is 1420. The summed E-state index contributed by atoms with van der Waals surface area (Å²) in [5.41, 5.74) is 7.32. The van der Waals surface area contributed by atoms with Gasteiger partial charge in [0, 0.05) is 23.5 Å². The van der Waals surface area contributed by atoms with Crippen molar-refractivity contribution in [3.05, 3.63) is 111 Å². The Morgan fingerprint density at radius 2 is 1.49 bits per heavy atom. The molecule has 3 nitrogen and oxygen atoms in total. The van der Waals surface area contributed by atoms with Gasteiger partial charge in [-0.1, -0.05) is 42.0 Å². The van der Waals surface area contributed by atoms with Gasteiger partial charge in [0.1, 0.15) is 11.6 Å². The number of benzene rings is 3. The van der Waals surface area contributed by atoms with Gasteiger partial charge < -0.3 is 9.52 Å². The summed E-state index contributed by atoms with van der Waals surface area (Å²) in [7, 11) is 0. The lowest BCUT2D eigenvalue weighted by Crippen LogP contribution is -2.23. The second kappa shape index (κ2) is 12.0. The summed E-state index contributed by atoms with van der Waals surface area (Å²) >= 11 is 1.38. The van der Waals surface area contributed by atoms with Crippen LogP contribution in [0.15, 0.2) is 70.0 Å². The fourth-order valence-corrected chi connectivity index (χ4v) is 5.51. The first kappa shape index (κ1) is 28.9. The maximum atomic E-state index is 14.6. The molecule has 0 saturated heterocycles. The predicted molar refractivity (Wildman–Crippen MR) is 147 cm³/mol.